The fraction of sp³-hybridized carbons (Fsp3) is 0.500. The van der Waals surface area contributed by atoms with Gasteiger partial charge in [-0.05, 0) is 13.3 Å². The van der Waals surface area contributed by atoms with Crippen molar-refractivity contribution in [3.05, 3.63) is 17.6 Å². The number of anilines is 1. The third-order valence-electron chi connectivity index (χ3n) is 2.65. The lowest BCUT2D eigenvalue weighted by Crippen LogP contribution is -2.27. The molecule has 1 heterocycles. The Hall–Kier alpha value is -1.69. The highest BCUT2D eigenvalue weighted by Crippen LogP contribution is 2.25. The maximum absolute atomic E-state index is 10.7. The molecule has 88 valence electrons. The van der Waals surface area contributed by atoms with Gasteiger partial charge < -0.3 is 15.6 Å². The van der Waals surface area contributed by atoms with Gasteiger partial charge in [0.1, 0.15) is 17.0 Å². The summed E-state index contributed by atoms with van der Waals surface area (Å²) in [7, 11) is 1.55. The lowest BCUT2D eigenvalue weighted by atomic mass is 10.0. The first-order valence-electron chi connectivity index (χ1n) is 4.86. The number of carbonyl (C=O) groups is 1. The van der Waals surface area contributed by atoms with Crippen LogP contribution in [0.1, 0.15) is 36.5 Å². The van der Waals surface area contributed by atoms with Crippen LogP contribution in [-0.4, -0.2) is 28.2 Å². The highest BCUT2D eigenvalue weighted by Gasteiger charge is 2.28. The lowest BCUT2D eigenvalue weighted by molar-refractivity contribution is -0.00892. The van der Waals surface area contributed by atoms with Crippen LogP contribution in [0.5, 0.6) is 0 Å². The molecule has 0 amide bonds. The van der Waals surface area contributed by atoms with Crippen molar-refractivity contribution in [2.75, 3.05) is 12.8 Å². The Balaban J connectivity index is 3.19. The maximum atomic E-state index is 10.7. The molecule has 6 heteroatoms. The molecule has 0 spiro atoms. The van der Waals surface area contributed by atoms with E-state index in [1.165, 1.54) is 6.20 Å². The second-order valence-corrected chi connectivity index (χ2v) is 3.59. The Bertz CT molecular complexity index is 402. The Kier molecular flexibility index (Phi) is 3.44. The van der Waals surface area contributed by atoms with Crippen LogP contribution in [0.2, 0.25) is 0 Å². The van der Waals surface area contributed by atoms with Gasteiger partial charge in [-0.3, -0.25) is 0 Å². The van der Waals surface area contributed by atoms with Crippen LogP contribution >= 0.6 is 0 Å². The van der Waals surface area contributed by atoms with Crippen molar-refractivity contribution < 1.29 is 14.6 Å². The SMILES string of the molecule is CCC(C)(OC)c1ncc(C(=O)O)c(N)n1. The summed E-state index contributed by atoms with van der Waals surface area (Å²) in [5.41, 5.74) is 4.79. The Labute approximate surface area is 93.5 Å². The van der Waals surface area contributed by atoms with Crippen molar-refractivity contribution >= 4 is 11.8 Å². The van der Waals surface area contributed by atoms with Gasteiger partial charge in [-0.25, -0.2) is 14.8 Å². The summed E-state index contributed by atoms with van der Waals surface area (Å²) in [6, 6.07) is 0. The molecule has 1 aromatic heterocycles. The lowest BCUT2D eigenvalue weighted by Gasteiger charge is -2.24. The van der Waals surface area contributed by atoms with Crippen LogP contribution in [-0.2, 0) is 10.3 Å². The van der Waals surface area contributed by atoms with Gasteiger partial charge in [-0.1, -0.05) is 6.92 Å². The average molecular weight is 225 g/mol. The van der Waals surface area contributed by atoms with Gasteiger partial charge in [0.05, 0.1) is 0 Å². The van der Waals surface area contributed by atoms with Gasteiger partial charge in [0.2, 0.25) is 0 Å². The van der Waals surface area contributed by atoms with Gasteiger partial charge in [0, 0.05) is 13.3 Å². The fourth-order valence-corrected chi connectivity index (χ4v) is 1.21. The van der Waals surface area contributed by atoms with E-state index in [0.29, 0.717) is 12.2 Å². The first-order chi connectivity index (χ1) is 7.44. The summed E-state index contributed by atoms with van der Waals surface area (Å²) in [6.45, 7) is 3.75. The minimum atomic E-state index is -1.14. The standard InChI is InChI=1S/C10H15N3O3/c1-4-10(2,16-3)9-12-5-6(8(14)15)7(11)13-9/h5H,4H2,1-3H3,(H,14,15)(H2,11,12,13). The van der Waals surface area contributed by atoms with E-state index in [0.717, 1.165) is 0 Å². The molecule has 0 aromatic carbocycles. The second kappa shape index (κ2) is 4.44. The number of ether oxygens (including phenoxy) is 1. The summed E-state index contributed by atoms with van der Waals surface area (Å²) in [5.74, 6) is -0.797. The Morgan fingerprint density at radius 3 is 2.69 bits per heavy atom. The van der Waals surface area contributed by atoms with E-state index in [4.69, 9.17) is 15.6 Å². The first kappa shape index (κ1) is 12.4. The molecule has 6 nitrogen and oxygen atoms in total. The molecule has 1 aromatic rings. The molecule has 0 aliphatic rings. The minimum Gasteiger partial charge on any atom is -0.477 e. The van der Waals surface area contributed by atoms with Gasteiger partial charge in [0.25, 0.3) is 0 Å². The first-order valence-corrected chi connectivity index (χ1v) is 4.86. The van der Waals surface area contributed by atoms with Crippen LogP contribution < -0.4 is 5.73 Å². The molecular formula is C10H15N3O3. The van der Waals surface area contributed by atoms with Crippen LogP contribution in [0, 0.1) is 0 Å². The zero-order valence-corrected chi connectivity index (χ0v) is 9.52. The Morgan fingerprint density at radius 2 is 2.31 bits per heavy atom. The zero-order chi connectivity index (χ0) is 12.3. The highest BCUT2D eigenvalue weighted by atomic mass is 16.5. The number of methoxy groups -OCH3 is 1. The number of nitrogens with two attached hydrogens (primary N) is 1. The molecule has 3 N–H and O–H groups in total. The number of carboxylic acid groups (broad SMARTS) is 1. The van der Waals surface area contributed by atoms with E-state index in [9.17, 15) is 4.79 Å². The fourth-order valence-electron chi connectivity index (χ4n) is 1.21. The number of carboxylic acids is 1. The van der Waals surface area contributed by atoms with Crippen molar-refractivity contribution in [1.82, 2.24) is 9.97 Å². The molecule has 0 fully saturated rings. The summed E-state index contributed by atoms with van der Waals surface area (Å²) in [6.07, 6.45) is 1.86. The topological polar surface area (TPSA) is 98.3 Å². The number of nitrogens with zero attached hydrogens (tertiary/aromatic N) is 2. The van der Waals surface area contributed by atoms with Crippen molar-refractivity contribution in [2.45, 2.75) is 25.9 Å². The van der Waals surface area contributed by atoms with Gasteiger partial charge in [0.15, 0.2) is 5.82 Å². The highest BCUT2D eigenvalue weighted by molar-refractivity contribution is 5.92. The molecule has 16 heavy (non-hydrogen) atoms. The van der Waals surface area contributed by atoms with E-state index in [1.54, 1.807) is 7.11 Å². The van der Waals surface area contributed by atoms with E-state index in [2.05, 4.69) is 9.97 Å². The molecular weight excluding hydrogens is 210 g/mol. The number of rotatable bonds is 4. The summed E-state index contributed by atoms with van der Waals surface area (Å²) >= 11 is 0. The smallest absolute Gasteiger partial charge is 0.341 e. The van der Waals surface area contributed by atoms with Crippen molar-refractivity contribution in [3.8, 4) is 0 Å². The average Bonchev–Trinajstić information content (AvgIpc) is 2.27. The van der Waals surface area contributed by atoms with Crippen molar-refractivity contribution in [1.29, 1.82) is 0 Å². The monoisotopic (exact) mass is 225 g/mol. The quantitative estimate of drug-likeness (QED) is 0.794. The number of aromatic nitrogens is 2. The third-order valence-corrected chi connectivity index (χ3v) is 2.65. The predicted molar refractivity (Wildman–Crippen MR) is 58.1 cm³/mol. The van der Waals surface area contributed by atoms with Gasteiger partial charge in [-0.2, -0.15) is 0 Å². The molecule has 1 rings (SSSR count). The zero-order valence-electron chi connectivity index (χ0n) is 9.52. The van der Waals surface area contributed by atoms with E-state index in [-0.39, 0.29) is 11.4 Å². The third kappa shape index (κ3) is 2.11. The normalized spacial score (nSPS) is 14.4. The number of aromatic carboxylic acids is 1. The molecule has 1 atom stereocenters. The van der Waals surface area contributed by atoms with Crippen molar-refractivity contribution in [3.63, 3.8) is 0 Å². The largest absolute Gasteiger partial charge is 0.477 e. The molecule has 0 aliphatic carbocycles. The Morgan fingerprint density at radius 1 is 1.69 bits per heavy atom. The van der Waals surface area contributed by atoms with E-state index >= 15 is 0 Å². The number of hydrogen-bond acceptors (Lipinski definition) is 5. The molecule has 0 radical (unpaired) electrons. The minimum absolute atomic E-state index is 0.0470. The van der Waals surface area contributed by atoms with Crippen LogP contribution in [0.3, 0.4) is 0 Å². The van der Waals surface area contributed by atoms with Gasteiger partial charge >= 0.3 is 5.97 Å². The summed E-state index contributed by atoms with van der Waals surface area (Å²) < 4.78 is 5.30. The number of hydrogen-bond donors (Lipinski definition) is 2. The van der Waals surface area contributed by atoms with Crippen LogP contribution in [0.4, 0.5) is 5.82 Å². The van der Waals surface area contributed by atoms with E-state index < -0.39 is 11.6 Å². The molecule has 0 aliphatic heterocycles. The summed E-state index contributed by atoms with van der Waals surface area (Å²) in [4.78, 5) is 18.7. The van der Waals surface area contributed by atoms with Gasteiger partial charge in [-0.15, -0.1) is 0 Å². The molecule has 0 saturated carbocycles. The predicted octanol–water partition coefficient (Wildman–Crippen LogP) is 1.03. The van der Waals surface area contributed by atoms with E-state index in [1.807, 2.05) is 13.8 Å². The van der Waals surface area contributed by atoms with Crippen LogP contribution in [0.25, 0.3) is 0 Å². The maximum Gasteiger partial charge on any atom is 0.341 e. The summed E-state index contributed by atoms with van der Waals surface area (Å²) in [5, 5.41) is 8.78. The van der Waals surface area contributed by atoms with Crippen LogP contribution in [0.15, 0.2) is 6.20 Å². The van der Waals surface area contributed by atoms with Crippen molar-refractivity contribution in [2.24, 2.45) is 0 Å². The molecule has 0 saturated heterocycles. The molecule has 1 unspecified atom stereocenters. The second-order valence-electron chi connectivity index (χ2n) is 3.59. The number of nitrogen functional groups attached to an aromatic ring is 1. The molecule has 0 bridgehead atoms.